The number of rotatable bonds is 4. The van der Waals surface area contributed by atoms with Crippen LogP contribution in [0.1, 0.15) is 33.6 Å². The first-order chi connectivity index (χ1) is 11.1. The fraction of sp³-hybridized carbons (Fsp3) is 0.211. The third-order valence-electron chi connectivity index (χ3n) is 4.00. The molecule has 23 heavy (non-hydrogen) atoms. The number of hydrogen-bond acceptors (Lipinski definition) is 4. The van der Waals surface area contributed by atoms with E-state index in [1.165, 1.54) is 27.6 Å². The molecule has 1 unspecified atom stereocenters. The van der Waals surface area contributed by atoms with E-state index < -0.39 is 0 Å². The molecule has 0 saturated carbocycles. The molecule has 0 N–H and O–H groups in total. The molecule has 3 rings (SSSR count). The molecule has 0 radical (unpaired) electrons. The number of fused-ring (bicyclic) bond motifs is 1. The van der Waals surface area contributed by atoms with Crippen LogP contribution in [0.15, 0.2) is 53.4 Å². The molecule has 0 saturated heterocycles. The van der Waals surface area contributed by atoms with Gasteiger partial charge in [0.1, 0.15) is 0 Å². The van der Waals surface area contributed by atoms with Gasteiger partial charge in [-0.2, -0.15) is 0 Å². The zero-order chi connectivity index (χ0) is 16.4. The minimum absolute atomic E-state index is 0.282. The highest BCUT2D eigenvalue weighted by atomic mass is 32.2. The van der Waals surface area contributed by atoms with Crippen LogP contribution in [-0.4, -0.2) is 19.3 Å². The van der Waals surface area contributed by atoms with E-state index in [9.17, 15) is 4.79 Å². The van der Waals surface area contributed by atoms with Crippen molar-refractivity contribution in [3.8, 4) is 0 Å². The van der Waals surface area contributed by atoms with Crippen LogP contribution < -0.4 is 0 Å². The standard InChI is InChI=1S/C19H18O2S2/c1-12(17-11-14-6-4-5-7-16(14)23-17)13-8-9-15(19(20)21-2)18(10-13)22-3/h4-12H,1-3H3. The van der Waals surface area contributed by atoms with Crippen LogP contribution in [-0.2, 0) is 4.74 Å². The van der Waals surface area contributed by atoms with Crippen molar-refractivity contribution in [2.45, 2.75) is 17.7 Å². The lowest BCUT2D eigenvalue weighted by Crippen LogP contribution is -2.04. The van der Waals surface area contributed by atoms with Gasteiger partial charge in [0.15, 0.2) is 0 Å². The highest BCUT2D eigenvalue weighted by Gasteiger charge is 2.16. The van der Waals surface area contributed by atoms with Gasteiger partial charge in [0.05, 0.1) is 12.7 Å². The largest absolute Gasteiger partial charge is 0.465 e. The zero-order valence-corrected chi connectivity index (χ0v) is 15.0. The number of methoxy groups -OCH3 is 1. The van der Waals surface area contributed by atoms with E-state index >= 15 is 0 Å². The molecule has 0 bridgehead atoms. The van der Waals surface area contributed by atoms with Crippen LogP contribution in [0, 0.1) is 0 Å². The molecule has 1 aromatic heterocycles. The van der Waals surface area contributed by atoms with Crippen LogP contribution in [0.5, 0.6) is 0 Å². The summed E-state index contributed by atoms with van der Waals surface area (Å²) in [7, 11) is 1.42. The molecule has 0 aliphatic heterocycles. The molecule has 4 heteroatoms. The molecule has 118 valence electrons. The Morgan fingerprint density at radius 2 is 1.96 bits per heavy atom. The molecule has 0 aliphatic carbocycles. The summed E-state index contributed by atoms with van der Waals surface area (Å²) in [6.45, 7) is 2.21. The van der Waals surface area contributed by atoms with Gasteiger partial charge in [-0.15, -0.1) is 23.1 Å². The van der Waals surface area contributed by atoms with Crippen LogP contribution >= 0.6 is 23.1 Å². The molecule has 2 aromatic carbocycles. The number of ether oxygens (including phenoxy) is 1. The van der Waals surface area contributed by atoms with E-state index in [1.807, 2.05) is 29.7 Å². The minimum atomic E-state index is -0.282. The Morgan fingerprint density at radius 3 is 2.65 bits per heavy atom. The van der Waals surface area contributed by atoms with Gasteiger partial charge in [-0.1, -0.05) is 31.2 Å². The van der Waals surface area contributed by atoms with Crippen molar-refractivity contribution in [1.82, 2.24) is 0 Å². The molecule has 2 nitrogen and oxygen atoms in total. The number of carbonyl (C=O) groups is 1. The minimum Gasteiger partial charge on any atom is -0.465 e. The van der Waals surface area contributed by atoms with Crippen LogP contribution in [0.25, 0.3) is 10.1 Å². The maximum absolute atomic E-state index is 11.8. The van der Waals surface area contributed by atoms with Crippen molar-refractivity contribution >= 4 is 39.2 Å². The van der Waals surface area contributed by atoms with Crippen molar-refractivity contribution < 1.29 is 9.53 Å². The number of carbonyl (C=O) groups excluding carboxylic acids is 1. The molecule has 0 fully saturated rings. The Bertz CT molecular complexity index is 818. The van der Waals surface area contributed by atoms with Gasteiger partial charge >= 0.3 is 5.97 Å². The van der Waals surface area contributed by atoms with E-state index in [-0.39, 0.29) is 5.97 Å². The number of hydrogen-bond donors (Lipinski definition) is 0. The quantitative estimate of drug-likeness (QED) is 0.458. The lowest BCUT2D eigenvalue weighted by Gasteiger charge is -2.13. The Kier molecular flexibility index (Phi) is 4.74. The van der Waals surface area contributed by atoms with E-state index in [0.717, 1.165) is 4.90 Å². The van der Waals surface area contributed by atoms with E-state index in [1.54, 1.807) is 11.8 Å². The first-order valence-corrected chi connectivity index (χ1v) is 9.43. The van der Waals surface area contributed by atoms with Crippen LogP contribution in [0.3, 0.4) is 0 Å². The van der Waals surface area contributed by atoms with E-state index in [0.29, 0.717) is 11.5 Å². The highest BCUT2D eigenvalue weighted by Crippen LogP contribution is 2.36. The lowest BCUT2D eigenvalue weighted by atomic mass is 9.98. The zero-order valence-electron chi connectivity index (χ0n) is 13.3. The Balaban J connectivity index is 1.98. The normalized spacial score (nSPS) is 12.3. The van der Waals surface area contributed by atoms with E-state index in [2.05, 4.69) is 43.3 Å². The average molecular weight is 342 g/mol. The van der Waals surface area contributed by atoms with Crippen molar-refractivity contribution in [2.24, 2.45) is 0 Å². The summed E-state index contributed by atoms with van der Waals surface area (Å²) in [4.78, 5) is 14.1. The summed E-state index contributed by atoms with van der Waals surface area (Å²) >= 11 is 3.40. The molecular weight excluding hydrogens is 324 g/mol. The van der Waals surface area contributed by atoms with Crippen molar-refractivity contribution in [1.29, 1.82) is 0 Å². The maximum atomic E-state index is 11.8. The maximum Gasteiger partial charge on any atom is 0.338 e. The first kappa shape index (κ1) is 16.1. The smallest absolute Gasteiger partial charge is 0.338 e. The third kappa shape index (κ3) is 3.14. The summed E-state index contributed by atoms with van der Waals surface area (Å²) in [6.07, 6.45) is 1.98. The first-order valence-electron chi connectivity index (χ1n) is 7.38. The SMILES string of the molecule is COC(=O)c1ccc(C(C)c2cc3ccccc3s2)cc1SC. The highest BCUT2D eigenvalue weighted by molar-refractivity contribution is 7.98. The second-order valence-corrected chi connectivity index (χ2v) is 7.32. The number of benzene rings is 2. The third-order valence-corrected chi connectivity index (χ3v) is 6.08. The van der Waals surface area contributed by atoms with Gasteiger partial charge in [0.2, 0.25) is 0 Å². The van der Waals surface area contributed by atoms with Gasteiger partial charge in [0.25, 0.3) is 0 Å². The average Bonchev–Trinajstić information content (AvgIpc) is 3.03. The lowest BCUT2D eigenvalue weighted by molar-refractivity contribution is 0.0597. The summed E-state index contributed by atoms with van der Waals surface area (Å²) in [5.41, 5.74) is 1.85. The number of esters is 1. The summed E-state index contributed by atoms with van der Waals surface area (Å²) in [5.74, 6) is 0.0143. The van der Waals surface area contributed by atoms with Crippen LogP contribution in [0.2, 0.25) is 0 Å². The molecule has 3 aromatic rings. The molecular formula is C19H18O2S2. The summed E-state index contributed by atoms with van der Waals surface area (Å²) in [6, 6.07) is 16.7. The fourth-order valence-corrected chi connectivity index (χ4v) is 4.41. The summed E-state index contributed by atoms with van der Waals surface area (Å²) < 4.78 is 6.16. The number of thiophene rings is 1. The molecule has 0 aliphatic rings. The Labute approximate surface area is 144 Å². The van der Waals surface area contributed by atoms with Gasteiger partial charge in [-0.3, -0.25) is 0 Å². The number of thioether (sulfide) groups is 1. The van der Waals surface area contributed by atoms with Gasteiger partial charge in [-0.25, -0.2) is 4.79 Å². The Morgan fingerprint density at radius 1 is 1.17 bits per heavy atom. The Hall–Kier alpha value is -1.78. The van der Waals surface area contributed by atoms with Crippen molar-refractivity contribution in [2.75, 3.05) is 13.4 Å². The second-order valence-electron chi connectivity index (χ2n) is 5.36. The summed E-state index contributed by atoms with van der Waals surface area (Å²) in [5, 5.41) is 1.29. The topological polar surface area (TPSA) is 26.3 Å². The molecule has 0 spiro atoms. The van der Waals surface area contributed by atoms with E-state index in [4.69, 9.17) is 4.74 Å². The molecule has 1 heterocycles. The van der Waals surface area contributed by atoms with Crippen molar-refractivity contribution in [3.05, 3.63) is 64.5 Å². The fourth-order valence-electron chi connectivity index (χ4n) is 2.64. The second kappa shape index (κ2) is 6.77. The van der Waals surface area contributed by atoms with Crippen LogP contribution in [0.4, 0.5) is 0 Å². The van der Waals surface area contributed by atoms with Gasteiger partial charge in [-0.05, 0) is 41.5 Å². The predicted octanol–water partition coefficient (Wildman–Crippen LogP) is 5.56. The molecule has 0 amide bonds. The molecule has 1 atom stereocenters. The monoisotopic (exact) mass is 342 g/mol. The van der Waals surface area contributed by atoms with Crippen molar-refractivity contribution in [3.63, 3.8) is 0 Å². The predicted molar refractivity (Wildman–Crippen MR) is 98.9 cm³/mol. The van der Waals surface area contributed by atoms with Gasteiger partial charge < -0.3 is 4.74 Å². The van der Waals surface area contributed by atoms with Gasteiger partial charge in [0, 0.05) is 20.4 Å².